The van der Waals surface area contributed by atoms with Gasteiger partial charge in [0.15, 0.2) is 0 Å². The molecule has 2 atom stereocenters. The number of benzene rings is 1. The van der Waals surface area contributed by atoms with Gasteiger partial charge < -0.3 is 14.0 Å². The second-order valence-corrected chi connectivity index (χ2v) is 6.72. The van der Waals surface area contributed by atoms with Crippen LogP contribution in [0.4, 0.5) is 13.2 Å². The first kappa shape index (κ1) is 17.0. The standard InChI is InChI=1S/C13H15F3O5S/c1-9-8-12(17,5-6-20-9)10-3-2-4-11(7-10)21-22(18,19)13(14,15)16/h2-4,7,9,17H,5-6,8H2,1H3/t9-,12+/m0/s1. The van der Waals surface area contributed by atoms with E-state index < -0.39 is 27.0 Å². The third kappa shape index (κ3) is 3.53. The topological polar surface area (TPSA) is 72.8 Å². The molecule has 0 bridgehead atoms. The van der Waals surface area contributed by atoms with Crippen molar-refractivity contribution in [3.05, 3.63) is 29.8 Å². The fraction of sp³-hybridized carbons (Fsp3) is 0.538. The van der Waals surface area contributed by atoms with E-state index in [2.05, 4.69) is 4.18 Å². The predicted molar refractivity (Wildman–Crippen MR) is 70.6 cm³/mol. The number of alkyl halides is 3. The minimum Gasteiger partial charge on any atom is -0.385 e. The smallest absolute Gasteiger partial charge is 0.385 e. The second kappa shape index (κ2) is 5.71. The molecule has 2 rings (SSSR count). The molecule has 0 unspecified atom stereocenters. The fourth-order valence-electron chi connectivity index (χ4n) is 2.34. The molecule has 9 heteroatoms. The third-order valence-electron chi connectivity index (χ3n) is 3.40. The number of aliphatic hydroxyl groups is 1. The van der Waals surface area contributed by atoms with E-state index in [-0.39, 0.29) is 24.5 Å². The van der Waals surface area contributed by atoms with E-state index in [1.54, 1.807) is 6.92 Å². The first-order valence-electron chi connectivity index (χ1n) is 6.49. The summed E-state index contributed by atoms with van der Waals surface area (Å²) in [5.74, 6) is -0.498. The maximum Gasteiger partial charge on any atom is 0.534 e. The highest BCUT2D eigenvalue weighted by Gasteiger charge is 2.48. The van der Waals surface area contributed by atoms with Crippen LogP contribution in [0.15, 0.2) is 24.3 Å². The summed E-state index contributed by atoms with van der Waals surface area (Å²) in [6.07, 6.45) is 0.289. The van der Waals surface area contributed by atoms with Crippen LogP contribution in [0, 0.1) is 0 Å². The average Bonchev–Trinajstić information content (AvgIpc) is 2.37. The quantitative estimate of drug-likeness (QED) is 0.675. The Balaban J connectivity index is 2.28. The van der Waals surface area contributed by atoms with E-state index in [1.807, 2.05) is 0 Å². The highest BCUT2D eigenvalue weighted by Crippen LogP contribution is 2.36. The summed E-state index contributed by atoms with van der Waals surface area (Å²) >= 11 is 0. The van der Waals surface area contributed by atoms with E-state index in [1.165, 1.54) is 12.1 Å². The van der Waals surface area contributed by atoms with Gasteiger partial charge in [0, 0.05) is 12.8 Å². The SMILES string of the molecule is C[C@H]1C[C@@](O)(c2cccc(OS(=O)(=O)C(F)(F)F)c2)CCO1. The van der Waals surface area contributed by atoms with Crippen LogP contribution in [-0.2, 0) is 20.5 Å². The summed E-state index contributed by atoms with van der Waals surface area (Å²) in [5.41, 5.74) is -6.51. The molecular formula is C13H15F3O5S. The van der Waals surface area contributed by atoms with Crippen molar-refractivity contribution >= 4 is 10.1 Å². The number of hydrogen-bond acceptors (Lipinski definition) is 5. The first-order chi connectivity index (χ1) is 10.0. The fourth-order valence-corrected chi connectivity index (χ4v) is 2.79. The van der Waals surface area contributed by atoms with Gasteiger partial charge in [0.2, 0.25) is 0 Å². The van der Waals surface area contributed by atoms with Crippen molar-refractivity contribution in [3.63, 3.8) is 0 Å². The zero-order chi connectivity index (χ0) is 16.6. The van der Waals surface area contributed by atoms with Gasteiger partial charge in [0.1, 0.15) is 5.75 Å². The van der Waals surface area contributed by atoms with Crippen molar-refractivity contribution in [1.82, 2.24) is 0 Å². The molecule has 1 aromatic carbocycles. The Morgan fingerprint density at radius 2 is 2.09 bits per heavy atom. The Morgan fingerprint density at radius 3 is 2.68 bits per heavy atom. The lowest BCUT2D eigenvalue weighted by molar-refractivity contribution is -0.101. The van der Waals surface area contributed by atoms with E-state index in [0.29, 0.717) is 6.61 Å². The molecule has 22 heavy (non-hydrogen) atoms. The van der Waals surface area contributed by atoms with Gasteiger partial charge in [-0.2, -0.15) is 21.6 Å². The van der Waals surface area contributed by atoms with Crippen LogP contribution in [0.5, 0.6) is 5.75 Å². The van der Waals surface area contributed by atoms with Gasteiger partial charge in [0.25, 0.3) is 0 Å². The van der Waals surface area contributed by atoms with E-state index >= 15 is 0 Å². The number of hydrogen-bond donors (Lipinski definition) is 1. The molecule has 1 aliphatic heterocycles. The summed E-state index contributed by atoms with van der Waals surface area (Å²) in [7, 11) is -5.74. The highest BCUT2D eigenvalue weighted by molar-refractivity contribution is 7.87. The lowest BCUT2D eigenvalue weighted by atomic mass is 9.84. The Hall–Kier alpha value is -1.32. The van der Waals surface area contributed by atoms with Gasteiger partial charge in [0.05, 0.1) is 18.3 Å². The molecule has 0 radical (unpaired) electrons. The summed E-state index contributed by atoms with van der Waals surface area (Å²) < 4.78 is 68.4. The largest absolute Gasteiger partial charge is 0.534 e. The van der Waals surface area contributed by atoms with Gasteiger partial charge in [-0.05, 0) is 24.6 Å². The van der Waals surface area contributed by atoms with Gasteiger partial charge >= 0.3 is 15.6 Å². The Morgan fingerprint density at radius 1 is 1.41 bits per heavy atom. The third-order valence-corrected chi connectivity index (χ3v) is 4.38. The van der Waals surface area contributed by atoms with E-state index in [4.69, 9.17) is 4.74 Å². The monoisotopic (exact) mass is 340 g/mol. The van der Waals surface area contributed by atoms with Crippen molar-refractivity contribution in [1.29, 1.82) is 0 Å². The van der Waals surface area contributed by atoms with Crippen molar-refractivity contribution in [2.75, 3.05) is 6.61 Å². The number of rotatable bonds is 3. The van der Waals surface area contributed by atoms with Crippen molar-refractivity contribution < 1.29 is 35.6 Å². The van der Waals surface area contributed by atoms with Crippen LogP contribution in [0.25, 0.3) is 0 Å². The number of halogens is 3. The van der Waals surface area contributed by atoms with E-state index in [9.17, 15) is 26.7 Å². The molecule has 0 aliphatic carbocycles. The zero-order valence-corrected chi connectivity index (χ0v) is 12.4. The molecule has 1 N–H and O–H groups in total. The maximum absolute atomic E-state index is 12.3. The van der Waals surface area contributed by atoms with Crippen LogP contribution in [-0.4, -0.2) is 31.7 Å². The van der Waals surface area contributed by atoms with Gasteiger partial charge in [-0.15, -0.1) is 0 Å². The minimum atomic E-state index is -5.74. The van der Waals surface area contributed by atoms with Crippen LogP contribution in [0.3, 0.4) is 0 Å². The van der Waals surface area contributed by atoms with Crippen molar-refractivity contribution in [3.8, 4) is 5.75 Å². The van der Waals surface area contributed by atoms with Crippen LogP contribution in [0.2, 0.25) is 0 Å². The predicted octanol–water partition coefficient (Wildman–Crippen LogP) is 2.30. The lowest BCUT2D eigenvalue weighted by Gasteiger charge is -2.36. The Kier molecular flexibility index (Phi) is 4.42. The normalized spacial score (nSPS) is 26.7. The summed E-state index contributed by atoms with van der Waals surface area (Å²) in [6, 6.07) is 5.01. The zero-order valence-electron chi connectivity index (χ0n) is 11.6. The summed E-state index contributed by atoms with van der Waals surface area (Å²) in [4.78, 5) is 0. The molecule has 0 amide bonds. The Bertz CT molecular complexity index is 643. The van der Waals surface area contributed by atoms with Crippen molar-refractivity contribution in [2.45, 2.75) is 37.0 Å². The summed E-state index contributed by atoms with van der Waals surface area (Å²) in [6.45, 7) is 2.06. The lowest BCUT2D eigenvalue weighted by Crippen LogP contribution is -2.37. The molecule has 5 nitrogen and oxygen atoms in total. The molecule has 0 aromatic heterocycles. The van der Waals surface area contributed by atoms with Crippen molar-refractivity contribution in [2.24, 2.45) is 0 Å². The molecular weight excluding hydrogens is 325 g/mol. The molecule has 0 spiro atoms. The summed E-state index contributed by atoms with van der Waals surface area (Å²) in [5, 5.41) is 10.6. The van der Waals surface area contributed by atoms with E-state index in [0.717, 1.165) is 12.1 Å². The average molecular weight is 340 g/mol. The minimum absolute atomic E-state index is 0.220. The highest BCUT2D eigenvalue weighted by atomic mass is 32.2. The molecule has 0 saturated carbocycles. The maximum atomic E-state index is 12.3. The molecule has 1 saturated heterocycles. The van der Waals surface area contributed by atoms with Crippen LogP contribution >= 0.6 is 0 Å². The molecule has 1 fully saturated rings. The molecule has 1 heterocycles. The molecule has 124 valence electrons. The van der Waals surface area contributed by atoms with Crippen LogP contribution in [0.1, 0.15) is 25.3 Å². The molecule has 1 aliphatic rings. The Labute approximate surface area is 125 Å². The van der Waals surface area contributed by atoms with Gasteiger partial charge in [-0.3, -0.25) is 0 Å². The second-order valence-electron chi connectivity index (χ2n) is 5.18. The van der Waals surface area contributed by atoms with Crippen LogP contribution < -0.4 is 4.18 Å². The number of ether oxygens (including phenoxy) is 1. The first-order valence-corrected chi connectivity index (χ1v) is 7.90. The molecule has 1 aromatic rings. The van der Waals surface area contributed by atoms with Gasteiger partial charge in [-0.25, -0.2) is 0 Å². The van der Waals surface area contributed by atoms with Gasteiger partial charge in [-0.1, -0.05) is 12.1 Å².